The summed E-state index contributed by atoms with van der Waals surface area (Å²) in [5.41, 5.74) is 3.26. The molecule has 0 aliphatic carbocycles. The van der Waals surface area contributed by atoms with Gasteiger partial charge in [0.1, 0.15) is 12.4 Å². The van der Waals surface area contributed by atoms with Gasteiger partial charge in [0.15, 0.2) is 5.58 Å². The van der Waals surface area contributed by atoms with Crippen molar-refractivity contribution in [1.82, 2.24) is 4.98 Å². The summed E-state index contributed by atoms with van der Waals surface area (Å²) in [5, 5.41) is 3.43. The molecule has 1 aliphatic heterocycles. The molecule has 1 aromatic heterocycles. The van der Waals surface area contributed by atoms with Crippen molar-refractivity contribution < 1.29 is 9.15 Å². The summed E-state index contributed by atoms with van der Waals surface area (Å²) in [4.78, 5) is 13.8. The quantitative estimate of drug-likeness (QED) is 0.712. The van der Waals surface area contributed by atoms with Crippen LogP contribution in [0.15, 0.2) is 51.7 Å². The van der Waals surface area contributed by atoms with E-state index in [4.69, 9.17) is 9.15 Å². The first-order valence-corrected chi connectivity index (χ1v) is 6.41. The Morgan fingerprint density at radius 2 is 2.05 bits per heavy atom. The lowest BCUT2D eigenvalue weighted by Crippen LogP contribution is -2.23. The second-order valence-corrected chi connectivity index (χ2v) is 4.77. The number of hydrogen-bond donors (Lipinski definition) is 2. The third-order valence-corrected chi connectivity index (χ3v) is 3.47. The molecule has 0 bridgehead atoms. The van der Waals surface area contributed by atoms with E-state index in [0.717, 1.165) is 17.0 Å². The van der Waals surface area contributed by atoms with Crippen molar-refractivity contribution in [3.8, 4) is 5.75 Å². The van der Waals surface area contributed by atoms with Crippen LogP contribution in [0, 0.1) is 0 Å². The van der Waals surface area contributed by atoms with Crippen LogP contribution >= 0.6 is 0 Å². The lowest BCUT2D eigenvalue weighted by Gasteiger charge is -2.27. The standard InChI is InChI=1S/C15H12N2O3/c18-15-17-11-6-5-9(7-14(11)20-15)12-8-19-13-4-2-1-3-10(13)16-12/h1-7,12,16H,8H2,(H,17,18). The average Bonchev–Trinajstić information content (AvgIpc) is 2.85. The Labute approximate surface area is 114 Å². The molecule has 2 N–H and O–H groups in total. The second-order valence-electron chi connectivity index (χ2n) is 4.77. The van der Waals surface area contributed by atoms with Crippen molar-refractivity contribution >= 4 is 16.8 Å². The van der Waals surface area contributed by atoms with Gasteiger partial charge in [0.25, 0.3) is 0 Å². The molecule has 1 aliphatic rings. The smallest absolute Gasteiger partial charge is 0.417 e. The molecule has 0 saturated carbocycles. The third kappa shape index (κ3) is 1.75. The van der Waals surface area contributed by atoms with Crippen LogP contribution in [-0.2, 0) is 0 Å². The highest BCUT2D eigenvalue weighted by Crippen LogP contribution is 2.33. The fourth-order valence-corrected chi connectivity index (χ4v) is 2.47. The second kappa shape index (κ2) is 4.16. The summed E-state index contributed by atoms with van der Waals surface area (Å²) in [6, 6.07) is 13.5. The van der Waals surface area contributed by atoms with Gasteiger partial charge in [-0.25, -0.2) is 4.79 Å². The number of H-pyrrole nitrogens is 1. The van der Waals surface area contributed by atoms with Crippen LogP contribution < -0.4 is 15.8 Å². The largest absolute Gasteiger partial charge is 0.489 e. The average molecular weight is 268 g/mol. The molecule has 0 fully saturated rings. The lowest BCUT2D eigenvalue weighted by atomic mass is 10.1. The summed E-state index contributed by atoms with van der Waals surface area (Å²) in [5.74, 6) is 0.424. The number of fused-ring (bicyclic) bond motifs is 2. The molecule has 2 aromatic carbocycles. The molecule has 0 spiro atoms. The van der Waals surface area contributed by atoms with Crippen LogP contribution in [-0.4, -0.2) is 11.6 Å². The maximum Gasteiger partial charge on any atom is 0.417 e. The first kappa shape index (κ1) is 11.2. The van der Waals surface area contributed by atoms with Crippen LogP contribution in [0.4, 0.5) is 5.69 Å². The fourth-order valence-electron chi connectivity index (χ4n) is 2.47. The van der Waals surface area contributed by atoms with Crippen LogP contribution in [0.5, 0.6) is 5.75 Å². The number of aromatic amines is 1. The van der Waals surface area contributed by atoms with Gasteiger partial charge in [0.05, 0.1) is 17.2 Å². The van der Waals surface area contributed by atoms with E-state index in [2.05, 4.69) is 10.3 Å². The van der Waals surface area contributed by atoms with Crippen molar-refractivity contribution in [2.24, 2.45) is 0 Å². The van der Waals surface area contributed by atoms with Crippen molar-refractivity contribution in [2.45, 2.75) is 6.04 Å². The number of hydrogen-bond acceptors (Lipinski definition) is 4. The Hall–Kier alpha value is -2.69. The highest BCUT2D eigenvalue weighted by Gasteiger charge is 2.20. The van der Waals surface area contributed by atoms with Crippen LogP contribution in [0.3, 0.4) is 0 Å². The molecule has 0 amide bonds. The maximum atomic E-state index is 11.2. The summed E-state index contributed by atoms with van der Waals surface area (Å²) in [6.45, 7) is 0.539. The fraction of sp³-hybridized carbons (Fsp3) is 0.133. The van der Waals surface area contributed by atoms with E-state index >= 15 is 0 Å². The molecule has 2 heterocycles. The minimum absolute atomic E-state index is 0.0366. The number of benzene rings is 2. The van der Waals surface area contributed by atoms with Gasteiger partial charge in [0.2, 0.25) is 0 Å². The van der Waals surface area contributed by atoms with E-state index in [-0.39, 0.29) is 6.04 Å². The van der Waals surface area contributed by atoms with Gasteiger partial charge in [0, 0.05) is 0 Å². The molecule has 5 nitrogen and oxygen atoms in total. The zero-order valence-electron chi connectivity index (χ0n) is 10.6. The first-order valence-electron chi connectivity index (χ1n) is 6.41. The Balaban J connectivity index is 1.71. The van der Waals surface area contributed by atoms with Gasteiger partial charge < -0.3 is 14.5 Å². The normalized spacial score (nSPS) is 17.3. The van der Waals surface area contributed by atoms with E-state index in [0.29, 0.717) is 17.7 Å². The zero-order chi connectivity index (χ0) is 13.5. The van der Waals surface area contributed by atoms with E-state index < -0.39 is 5.76 Å². The minimum atomic E-state index is -0.435. The van der Waals surface area contributed by atoms with Gasteiger partial charge in [-0.15, -0.1) is 0 Å². The highest BCUT2D eigenvalue weighted by atomic mass is 16.5. The van der Waals surface area contributed by atoms with Crippen molar-refractivity contribution in [3.63, 3.8) is 0 Å². The monoisotopic (exact) mass is 268 g/mol. The molecule has 4 rings (SSSR count). The first-order chi connectivity index (χ1) is 9.79. The number of oxazole rings is 1. The number of nitrogens with one attached hydrogen (secondary N) is 2. The predicted molar refractivity (Wildman–Crippen MR) is 75.1 cm³/mol. The zero-order valence-corrected chi connectivity index (χ0v) is 10.6. The van der Waals surface area contributed by atoms with E-state index in [9.17, 15) is 4.79 Å². The minimum Gasteiger partial charge on any atom is -0.489 e. The predicted octanol–water partition coefficient (Wildman–Crippen LogP) is 2.67. The SMILES string of the molecule is O=c1[nH]c2ccc(C3COc4ccccc4N3)cc2o1. The van der Waals surface area contributed by atoms with Gasteiger partial charge in [-0.1, -0.05) is 18.2 Å². The van der Waals surface area contributed by atoms with Crippen molar-refractivity contribution in [3.05, 3.63) is 58.6 Å². The Kier molecular flexibility index (Phi) is 2.32. The van der Waals surface area contributed by atoms with Gasteiger partial charge >= 0.3 is 5.76 Å². The number of rotatable bonds is 1. The van der Waals surface area contributed by atoms with Crippen LogP contribution in [0.1, 0.15) is 11.6 Å². The molecule has 1 unspecified atom stereocenters. The summed E-state index contributed by atoms with van der Waals surface area (Å²) >= 11 is 0. The summed E-state index contributed by atoms with van der Waals surface area (Å²) in [6.07, 6.45) is 0. The van der Waals surface area contributed by atoms with E-state index in [1.165, 1.54) is 0 Å². The third-order valence-electron chi connectivity index (χ3n) is 3.47. The molecule has 3 aromatic rings. The molecule has 0 radical (unpaired) electrons. The highest BCUT2D eigenvalue weighted by molar-refractivity contribution is 5.73. The van der Waals surface area contributed by atoms with E-state index in [1.807, 2.05) is 42.5 Å². The Bertz CT molecular complexity index is 834. The molecular formula is C15H12N2O3. The number of para-hydroxylation sites is 2. The van der Waals surface area contributed by atoms with Crippen molar-refractivity contribution in [1.29, 1.82) is 0 Å². The molecule has 100 valence electrons. The van der Waals surface area contributed by atoms with Crippen LogP contribution in [0.25, 0.3) is 11.1 Å². The maximum absolute atomic E-state index is 11.2. The number of anilines is 1. The van der Waals surface area contributed by atoms with Gasteiger partial charge in [-0.2, -0.15) is 0 Å². The lowest BCUT2D eigenvalue weighted by molar-refractivity contribution is 0.286. The molecule has 1 atom stereocenters. The summed E-state index contributed by atoms with van der Waals surface area (Å²) in [7, 11) is 0. The van der Waals surface area contributed by atoms with Crippen LogP contribution in [0.2, 0.25) is 0 Å². The van der Waals surface area contributed by atoms with Gasteiger partial charge in [-0.3, -0.25) is 4.98 Å². The molecule has 5 heteroatoms. The molecule has 0 saturated heterocycles. The van der Waals surface area contributed by atoms with E-state index in [1.54, 1.807) is 0 Å². The molecular weight excluding hydrogens is 256 g/mol. The summed E-state index contributed by atoms with van der Waals surface area (Å²) < 4.78 is 10.8. The van der Waals surface area contributed by atoms with Crippen molar-refractivity contribution in [2.75, 3.05) is 11.9 Å². The topological polar surface area (TPSA) is 67.3 Å². The number of aromatic nitrogens is 1. The Morgan fingerprint density at radius 3 is 3.00 bits per heavy atom. The number of ether oxygens (including phenoxy) is 1. The van der Waals surface area contributed by atoms with Gasteiger partial charge in [-0.05, 0) is 29.8 Å². The Morgan fingerprint density at radius 1 is 1.15 bits per heavy atom. The molecule has 20 heavy (non-hydrogen) atoms.